The lowest BCUT2D eigenvalue weighted by Crippen LogP contribution is -2.24. The number of thiophene rings is 1. The van der Waals surface area contributed by atoms with Crippen molar-refractivity contribution in [2.75, 3.05) is 6.54 Å². The van der Waals surface area contributed by atoms with E-state index < -0.39 is 0 Å². The molecule has 2 N–H and O–H groups in total. The Morgan fingerprint density at radius 3 is 3.17 bits per heavy atom. The minimum absolute atomic E-state index is 0.271. The van der Waals surface area contributed by atoms with Gasteiger partial charge in [-0.3, -0.25) is 4.79 Å². The van der Waals surface area contributed by atoms with Crippen LogP contribution in [0.4, 0.5) is 0 Å². The van der Waals surface area contributed by atoms with E-state index in [9.17, 15) is 4.79 Å². The van der Waals surface area contributed by atoms with E-state index in [0.717, 1.165) is 12.0 Å². The molecule has 0 bridgehead atoms. The average Bonchev–Trinajstić information content (AvgIpc) is 2.52. The van der Waals surface area contributed by atoms with Gasteiger partial charge in [-0.25, -0.2) is 0 Å². The van der Waals surface area contributed by atoms with E-state index in [1.165, 1.54) is 4.88 Å². The zero-order chi connectivity index (χ0) is 8.55. The van der Waals surface area contributed by atoms with Crippen LogP contribution in [0.2, 0.25) is 0 Å². The van der Waals surface area contributed by atoms with E-state index in [4.69, 9.17) is 5.73 Å². The third kappa shape index (κ3) is 1.19. The van der Waals surface area contributed by atoms with Gasteiger partial charge in [0, 0.05) is 16.9 Å². The maximum absolute atomic E-state index is 11.5. The third-order valence-electron chi connectivity index (χ3n) is 2.33. The molecule has 1 aromatic rings. The lowest BCUT2D eigenvalue weighted by atomic mass is 9.88. The zero-order valence-corrected chi connectivity index (χ0v) is 7.56. The van der Waals surface area contributed by atoms with Crippen molar-refractivity contribution < 1.29 is 4.79 Å². The highest BCUT2D eigenvalue weighted by atomic mass is 32.1. The van der Waals surface area contributed by atoms with Crippen molar-refractivity contribution in [3.63, 3.8) is 0 Å². The fraction of sp³-hybridized carbons (Fsp3) is 0.444. The van der Waals surface area contributed by atoms with Crippen molar-refractivity contribution in [1.82, 2.24) is 0 Å². The van der Waals surface area contributed by atoms with Crippen LogP contribution < -0.4 is 5.73 Å². The quantitative estimate of drug-likeness (QED) is 0.712. The van der Waals surface area contributed by atoms with Crippen LogP contribution in [0.5, 0.6) is 0 Å². The van der Waals surface area contributed by atoms with Crippen molar-refractivity contribution in [2.24, 2.45) is 11.7 Å². The smallest absolute Gasteiger partial charge is 0.164 e. The second-order valence-corrected chi connectivity index (χ2v) is 4.19. The minimum atomic E-state index is 0.271. The predicted octanol–water partition coefficient (Wildman–Crippen LogP) is 1.45. The molecule has 1 heterocycles. The highest BCUT2D eigenvalue weighted by Gasteiger charge is 2.24. The molecule has 3 heteroatoms. The number of carbonyl (C=O) groups is 1. The summed E-state index contributed by atoms with van der Waals surface area (Å²) in [7, 11) is 0. The van der Waals surface area contributed by atoms with Crippen molar-refractivity contribution in [3.8, 4) is 0 Å². The maximum Gasteiger partial charge on any atom is 0.164 e. The van der Waals surface area contributed by atoms with Crippen LogP contribution in [0.25, 0.3) is 0 Å². The Balaban J connectivity index is 2.32. The minimum Gasteiger partial charge on any atom is -0.330 e. The van der Waals surface area contributed by atoms with E-state index >= 15 is 0 Å². The second-order valence-electron chi connectivity index (χ2n) is 3.19. The molecule has 0 saturated carbocycles. The fourth-order valence-electron chi connectivity index (χ4n) is 1.62. The van der Waals surface area contributed by atoms with E-state index in [1.807, 2.05) is 11.4 Å². The van der Waals surface area contributed by atoms with Crippen LogP contribution in [0.15, 0.2) is 11.4 Å². The van der Waals surface area contributed by atoms with Crippen LogP contribution in [0.3, 0.4) is 0 Å². The monoisotopic (exact) mass is 181 g/mol. The molecule has 1 atom stereocenters. The molecule has 0 aliphatic heterocycles. The molecule has 1 aliphatic rings. The number of Topliss-reactive ketones (excluding diaryl/α,β-unsaturated/α-hetero) is 1. The van der Waals surface area contributed by atoms with Gasteiger partial charge in [0.15, 0.2) is 5.78 Å². The predicted molar refractivity (Wildman–Crippen MR) is 49.5 cm³/mol. The van der Waals surface area contributed by atoms with Gasteiger partial charge in [0.2, 0.25) is 0 Å². The third-order valence-corrected chi connectivity index (χ3v) is 3.27. The van der Waals surface area contributed by atoms with Crippen LogP contribution in [0, 0.1) is 5.92 Å². The second kappa shape index (κ2) is 2.99. The fourth-order valence-corrected chi connectivity index (χ4v) is 2.63. The molecule has 0 fully saturated rings. The Morgan fingerprint density at radius 1 is 1.58 bits per heavy atom. The number of nitrogens with two attached hydrogens (primary N) is 1. The molecule has 0 radical (unpaired) electrons. The Hall–Kier alpha value is -0.670. The highest BCUT2D eigenvalue weighted by molar-refractivity contribution is 7.10. The first-order chi connectivity index (χ1) is 5.81. The molecule has 2 rings (SSSR count). The summed E-state index contributed by atoms with van der Waals surface area (Å²) in [4.78, 5) is 12.7. The molecule has 0 saturated heterocycles. The molecule has 1 aliphatic carbocycles. The molecule has 64 valence electrons. The maximum atomic E-state index is 11.5. The van der Waals surface area contributed by atoms with Gasteiger partial charge in [-0.05, 0) is 30.3 Å². The molecular weight excluding hydrogens is 170 g/mol. The standard InChI is InChI=1S/C9H11NOS/c10-5-6-3-8(11)7-1-2-12-9(7)4-6/h1-2,6H,3-5,10H2. The molecule has 0 amide bonds. The van der Waals surface area contributed by atoms with Crippen LogP contribution in [-0.2, 0) is 6.42 Å². The molecule has 12 heavy (non-hydrogen) atoms. The summed E-state index contributed by atoms with van der Waals surface area (Å²) >= 11 is 1.67. The van der Waals surface area contributed by atoms with Gasteiger partial charge in [-0.2, -0.15) is 0 Å². The summed E-state index contributed by atoms with van der Waals surface area (Å²) < 4.78 is 0. The summed E-state index contributed by atoms with van der Waals surface area (Å²) in [6.45, 7) is 0.628. The molecular formula is C9H11NOS. The molecule has 1 unspecified atom stereocenters. The lowest BCUT2D eigenvalue weighted by molar-refractivity contribution is 0.0952. The first-order valence-corrected chi connectivity index (χ1v) is 4.99. The Morgan fingerprint density at radius 2 is 2.42 bits per heavy atom. The molecule has 0 aromatic carbocycles. The number of hydrogen-bond donors (Lipinski definition) is 1. The zero-order valence-electron chi connectivity index (χ0n) is 6.75. The van der Waals surface area contributed by atoms with Gasteiger partial charge in [0.05, 0.1) is 0 Å². The van der Waals surface area contributed by atoms with Crippen LogP contribution >= 0.6 is 11.3 Å². The van der Waals surface area contributed by atoms with Gasteiger partial charge in [0.1, 0.15) is 0 Å². The van der Waals surface area contributed by atoms with Gasteiger partial charge in [-0.1, -0.05) is 0 Å². The largest absolute Gasteiger partial charge is 0.330 e. The van der Waals surface area contributed by atoms with Crippen molar-refractivity contribution >= 4 is 17.1 Å². The number of fused-ring (bicyclic) bond motifs is 1. The average molecular weight is 181 g/mol. The van der Waals surface area contributed by atoms with E-state index in [0.29, 0.717) is 18.9 Å². The summed E-state index contributed by atoms with van der Waals surface area (Å²) in [6, 6.07) is 1.93. The number of carbonyl (C=O) groups excluding carboxylic acids is 1. The van der Waals surface area contributed by atoms with Gasteiger partial charge in [-0.15, -0.1) is 11.3 Å². The summed E-state index contributed by atoms with van der Waals surface area (Å²) in [5.41, 5.74) is 6.48. The molecule has 2 nitrogen and oxygen atoms in total. The number of hydrogen-bond acceptors (Lipinski definition) is 3. The molecule has 0 spiro atoms. The Kier molecular flexibility index (Phi) is 1.98. The molecule has 1 aromatic heterocycles. The Bertz CT molecular complexity index is 305. The van der Waals surface area contributed by atoms with Gasteiger partial charge in [0.25, 0.3) is 0 Å². The first kappa shape index (κ1) is 7.95. The van der Waals surface area contributed by atoms with Crippen molar-refractivity contribution in [2.45, 2.75) is 12.8 Å². The highest BCUT2D eigenvalue weighted by Crippen LogP contribution is 2.28. The van der Waals surface area contributed by atoms with E-state index in [2.05, 4.69) is 0 Å². The summed E-state index contributed by atoms with van der Waals surface area (Å²) in [6.07, 6.45) is 1.63. The van der Waals surface area contributed by atoms with Crippen LogP contribution in [-0.4, -0.2) is 12.3 Å². The first-order valence-electron chi connectivity index (χ1n) is 4.11. The SMILES string of the molecule is NCC1CC(=O)c2ccsc2C1. The van der Waals surface area contributed by atoms with E-state index in [1.54, 1.807) is 11.3 Å². The van der Waals surface area contributed by atoms with Gasteiger partial charge >= 0.3 is 0 Å². The van der Waals surface area contributed by atoms with Crippen molar-refractivity contribution in [3.05, 3.63) is 21.9 Å². The van der Waals surface area contributed by atoms with Crippen LogP contribution in [0.1, 0.15) is 21.7 Å². The Labute approximate surface area is 75.4 Å². The lowest BCUT2D eigenvalue weighted by Gasteiger charge is -2.18. The number of ketones is 1. The summed E-state index contributed by atoms with van der Waals surface area (Å²) in [5.74, 6) is 0.650. The van der Waals surface area contributed by atoms with Crippen molar-refractivity contribution in [1.29, 1.82) is 0 Å². The topological polar surface area (TPSA) is 43.1 Å². The number of rotatable bonds is 1. The van der Waals surface area contributed by atoms with Gasteiger partial charge < -0.3 is 5.73 Å². The summed E-state index contributed by atoms with van der Waals surface area (Å²) in [5, 5.41) is 1.99. The normalized spacial score (nSPS) is 22.4. The van der Waals surface area contributed by atoms with E-state index in [-0.39, 0.29) is 5.78 Å².